The first-order valence-corrected chi connectivity index (χ1v) is 8.97. The molecule has 7 heteroatoms. The minimum Gasteiger partial charge on any atom is -0.268 e. The quantitative estimate of drug-likeness (QED) is 0.792. The number of amides is 2. The van der Waals surface area contributed by atoms with E-state index in [4.69, 9.17) is 0 Å². The minimum atomic E-state index is -0.232. The van der Waals surface area contributed by atoms with Crippen molar-refractivity contribution in [1.29, 1.82) is 0 Å². The van der Waals surface area contributed by atoms with Gasteiger partial charge < -0.3 is 0 Å². The first-order chi connectivity index (χ1) is 10.2. The Balaban J connectivity index is 1.77. The summed E-state index contributed by atoms with van der Waals surface area (Å²) in [4.78, 5) is 31.5. The smallest absolute Gasteiger partial charge is 0.268 e. The standard InChI is InChI=1S/C14H12N2O2S3/c1-2-12-15-9(8-20-12)7-16-13(17)11(21-14(16)18)6-10-4-3-5-19-10/h3-6,8H,2,7H2,1H3/b11-6-. The fraction of sp³-hybridized carbons (Fsp3) is 0.214. The van der Waals surface area contributed by atoms with Crippen molar-refractivity contribution in [3.05, 3.63) is 43.4 Å². The summed E-state index contributed by atoms with van der Waals surface area (Å²) in [5.41, 5.74) is 0.775. The number of rotatable bonds is 4. The van der Waals surface area contributed by atoms with E-state index in [1.165, 1.54) is 4.90 Å². The Morgan fingerprint density at radius 1 is 1.33 bits per heavy atom. The van der Waals surface area contributed by atoms with Crippen LogP contribution in [0.25, 0.3) is 6.08 Å². The molecule has 0 radical (unpaired) electrons. The van der Waals surface area contributed by atoms with Gasteiger partial charge in [-0.05, 0) is 35.7 Å². The maximum absolute atomic E-state index is 12.3. The summed E-state index contributed by atoms with van der Waals surface area (Å²) >= 11 is 4.09. The molecule has 0 unspecified atom stereocenters. The summed E-state index contributed by atoms with van der Waals surface area (Å²) in [6.45, 7) is 2.29. The molecule has 4 nitrogen and oxygen atoms in total. The third-order valence-corrected chi connectivity index (χ3v) is 5.68. The Morgan fingerprint density at radius 2 is 2.19 bits per heavy atom. The highest BCUT2D eigenvalue weighted by Gasteiger charge is 2.35. The number of thioether (sulfide) groups is 1. The maximum atomic E-state index is 12.3. The van der Waals surface area contributed by atoms with Gasteiger partial charge >= 0.3 is 0 Å². The van der Waals surface area contributed by atoms with Crippen LogP contribution in [0.15, 0.2) is 27.8 Å². The maximum Gasteiger partial charge on any atom is 0.293 e. The molecule has 3 rings (SSSR count). The molecule has 0 aliphatic carbocycles. The van der Waals surface area contributed by atoms with Crippen LogP contribution < -0.4 is 0 Å². The topological polar surface area (TPSA) is 50.3 Å². The van der Waals surface area contributed by atoms with E-state index in [2.05, 4.69) is 4.98 Å². The molecule has 2 amide bonds. The lowest BCUT2D eigenvalue weighted by atomic mass is 10.3. The molecule has 0 N–H and O–H groups in total. The normalized spacial score (nSPS) is 17.2. The van der Waals surface area contributed by atoms with Gasteiger partial charge in [0.2, 0.25) is 0 Å². The highest BCUT2D eigenvalue weighted by Crippen LogP contribution is 2.34. The Morgan fingerprint density at radius 3 is 2.86 bits per heavy atom. The fourth-order valence-corrected chi connectivity index (χ4v) is 4.18. The van der Waals surface area contributed by atoms with Gasteiger partial charge in [0.05, 0.1) is 22.2 Å². The van der Waals surface area contributed by atoms with Crippen molar-refractivity contribution in [2.24, 2.45) is 0 Å². The van der Waals surface area contributed by atoms with Crippen molar-refractivity contribution in [1.82, 2.24) is 9.88 Å². The number of imide groups is 1. The van der Waals surface area contributed by atoms with Gasteiger partial charge in [0, 0.05) is 10.3 Å². The lowest BCUT2D eigenvalue weighted by Crippen LogP contribution is -2.27. The SMILES string of the molecule is CCc1nc(CN2C(=O)S/C(=C\c3cccs3)C2=O)cs1. The van der Waals surface area contributed by atoms with Crippen LogP contribution in [-0.2, 0) is 17.8 Å². The number of aryl methyl sites for hydroxylation is 1. The van der Waals surface area contributed by atoms with Crippen LogP contribution in [-0.4, -0.2) is 21.0 Å². The second kappa shape index (κ2) is 6.13. The molecule has 2 aromatic rings. The second-order valence-electron chi connectivity index (χ2n) is 4.37. The number of thiophene rings is 1. The monoisotopic (exact) mass is 336 g/mol. The van der Waals surface area contributed by atoms with E-state index in [1.54, 1.807) is 28.7 Å². The fourth-order valence-electron chi connectivity index (χ4n) is 1.88. The molecule has 1 fully saturated rings. The lowest BCUT2D eigenvalue weighted by Gasteiger charge is -2.09. The zero-order chi connectivity index (χ0) is 14.8. The lowest BCUT2D eigenvalue weighted by molar-refractivity contribution is -0.123. The number of carbonyl (C=O) groups is 2. The highest BCUT2D eigenvalue weighted by atomic mass is 32.2. The molecule has 0 saturated carbocycles. The summed E-state index contributed by atoms with van der Waals surface area (Å²) in [6.07, 6.45) is 2.64. The van der Waals surface area contributed by atoms with E-state index in [9.17, 15) is 9.59 Å². The summed E-state index contributed by atoms with van der Waals surface area (Å²) in [5.74, 6) is -0.232. The van der Waals surface area contributed by atoms with E-state index in [1.807, 2.05) is 29.8 Å². The average Bonchev–Trinajstić information content (AvgIpc) is 3.18. The van der Waals surface area contributed by atoms with E-state index < -0.39 is 0 Å². The predicted octanol–water partition coefficient (Wildman–Crippen LogP) is 4.00. The zero-order valence-corrected chi connectivity index (χ0v) is 13.7. The van der Waals surface area contributed by atoms with E-state index in [0.717, 1.165) is 33.8 Å². The Bertz CT molecular complexity index is 704. The molecule has 3 heterocycles. The molecule has 0 bridgehead atoms. The average molecular weight is 336 g/mol. The van der Waals surface area contributed by atoms with Gasteiger partial charge in [-0.1, -0.05) is 13.0 Å². The summed E-state index contributed by atoms with van der Waals surface area (Å²) in [7, 11) is 0. The predicted molar refractivity (Wildman–Crippen MR) is 87.3 cm³/mol. The van der Waals surface area contributed by atoms with Gasteiger partial charge in [0.1, 0.15) is 0 Å². The van der Waals surface area contributed by atoms with Gasteiger partial charge in [-0.25, -0.2) is 4.98 Å². The van der Waals surface area contributed by atoms with Gasteiger partial charge in [-0.3, -0.25) is 14.5 Å². The minimum absolute atomic E-state index is 0.228. The number of nitrogens with zero attached hydrogens (tertiary/aromatic N) is 2. The second-order valence-corrected chi connectivity index (χ2v) is 7.28. The molecular formula is C14H12N2O2S3. The highest BCUT2D eigenvalue weighted by molar-refractivity contribution is 8.18. The largest absolute Gasteiger partial charge is 0.293 e. The number of hydrogen-bond acceptors (Lipinski definition) is 6. The number of carbonyl (C=O) groups excluding carboxylic acids is 2. The summed E-state index contributed by atoms with van der Waals surface area (Å²) < 4.78 is 0. The Hall–Kier alpha value is -1.44. The molecule has 2 aromatic heterocycles. The molecule has 21 heavy (non-hydrogen) atoms. The van der Waals surface area contributed by atoms with Crippen molar-refractivity contribution < 1.29 is 9.59 Å². The van der Waals surface area contributed by atoms with E-state index >= 15 is 0 Å². The first kappa shape index (κ1) is 14.5. The van der Waals surface area contributed by atoms with Crippen LogP contribution in [0.2, 0.25) is 0 Å². The zero-order valence-electron chi connectivity index (χ0n) is 11.2. The summed E-state index contributed by atoms with van der Waals surface area (Å²) in [6, 6.07) is 3.84. The molecule has 1 saturated heterocycles. The Kier molecular flexibility index (Phi) is 4.23. The van der Waals surface area contributed by atoms with Gasteiger partial charge in [-0.15, -0.1) is 22.7 Å². The van der Waals surface area contributed by atoms with Crippen LogP contribution in [0.4, 0.5) is 4.79 Å². The van der Waals surface area contributed by atoms with Crippen LogP contribution in [0.3, 0.4) is 0 Å². The molecule has 0 atom stereocenters. The first-order valence-electron chi connectivity index (χ1n) is 6.39. The molecule has 1 aliphatic rings. The van der Waals surface area contributed by atoms with Crippen molar-refractivity contribution in [2.75, 3.05) is 0 Å². The van der Waals surface area contributed by atoms with Gasteiger partial charge in [-0.2, -0.15) is 0 Å². The molecule has 1 aliphatic heterocycles. The van der Waals surface area contributed by atoms with Crippen molar-refractivity contribution >= 4 is 51.7 Å². The number of aromatic nitrogens is 1. The third kappa shape index (κ3) is 3.09. The van der Waals surface area contributed by atoms with Gasteiger partial charge in [0.15, 0.2) is 0 Å². The summed E-state index contributed by atoms with van der Waals surface area (Å²) in [5, 5.41) is 4.64. The number of thiazole rings is 1. The van der Waals surface area contributed by atoms with Crippen LogP contribution >= 0.6 is 34.4 Å². The van der Waals surface area contributed by atoms with Crippen molar-refractivity contribution in [3.63, 3.8) is 0 Å². The Labute approximate surface area is 134 Å². The van der Waals surface area contributed by atoms with Crippen LogP contribution in [0, 0.1) is 0 Å². The van der Waals surface area contributed by atoms with E-state index in [-0.39, 0.29) is 17.7 Å². The van der Waals surface area contributed by atoms with Crippen LogP contribution in [0.5, 0.6) is 0 Å². The molecule has 108 valence electrons. The van der Waals surface area contributed by atoms with Crippen LogP contribution in [0.1, 0.15) is 22.5 Å². The van der Waals surface area contributed by atoms with Crippen molar-refractivity contribution in [2.45, 2.75) is 19.9 Å². The molecule has 0 spiro atoms. The molecular weight excluding hydrogens is 324 g/mol. The van der Waals surface area contributed by atoms with Crippen molar-refractivity contribution in [3.8, 4) is 0 Å². The van der Waals surface area contributed by atoms with Gasteiger partial charge in [0.25, 0.3) is 11.1 Å². The number of hydrogen-bond donors (Lipinski definition) is 0. The third-order valence-electron chi connectivity index (χ3n) is 2.91. The van der Waals surface area contributed by atoms with E-state index in [0.29, 0.717) is 4.91 Å². The molecule has 0 aromatic carbocycles.